The van der Waals surface area contributed by atoms with Gasteiger partial charge in [-0.2, -0.15) is 0 Å². The molecule has 4 rings (SSSR count). The van der Waals surface area contributed by atoms with Crippen LogP contribution in [0.2, 0.25) is 0 Å². The highest BCUT2D eigenvalue weighted by Crippen LogP contribution is 2.40. The molecule has 23 heavy (non-hydrogen) atoms. The first-order chi connectivity index (χ1) is 11.3. The SMILES string of the molecule is CCc1nccn1[C@@H]1CCCN(C(=O)c2cc(C3CC3)on2)C1. The molecule has 1 atom stereocenters. The van der Waals surface area contributed by atoms with E-state index < -0.39 is 0 Å². The van der Waals surface area contributed by atoms with Crippen molar-refractivity contribution < 1.29 is 9.32 Å². The molecule has 0 spiro atoms. The van der Waals surface area contributed by atoms with Crippen molar-refractivity contribution in [2.24, 2.45) is 0 Å². The van der Waals surface area contributed by atoms with E-state index in [0.717, 1.165) is 50.2 Å². The van der Waals surface area contributed by atoms with Crippen LogP contribution in [0.15, 0.2) is 23.0 Å². The van der Waals surface area contributed by atoms with Gasteiger partial charge in [-0.25, -0.2) is 4.98 Å². The molecule has 0 bridgehead atoms. The van der Waals surface area contributed by atoms with Gasteiger partial charge in [-0.15, -0.1) is 0 Å². The molecule has 1 amide bonds. The van der Waals surface area contributed by atoms with Crippen LogP contribution in [0.5, 0.6) is 0 Å². The summed E-state index contributed by atoms with van der Waals surface area (Å²) in [6, 6.07) is 2.14. The molecular formula is C17H22N4O2. The van der Waals surface area contributed by atoms with Crippen molar-refractivity contribution in [2.45, 2.75) is 51.0 Å². The maximum absolute atomic E-state index is 12.7. The number of aromatic nitrogens is 3. The fourth-order valence-electron chi connectivity index (χ4n) is 3.43. The third-order valence-electron chi connectivity index (χ3n) is 4.87. The molecule has 6 nitrogen and oxygen atoms in total. The van der Waals surface area contributed by atoms with Gasteiger partial charge >= 0.3 is 0 Å². The number of hydrogen-bond acceptors (Lipinski definition) is 4. The van der Waals surface area contributed by atoms with Gasteiger partial charge in [-0.05, 0) is 25.7 Å². The number of rotatable bonds is 4. The Morgan fingerprint density at radius 1 is 1.39 bits per heavy atom. The lowest BCUT2D eigenvalue weighted by molar-refractivity contribution is 0.0667. The maximum atomic E-state index is 12.7. The largest absolute Gasteiger partial charge is 0.360 e. The van der Waals surface area contributed by atoms with Crippen LogP contribution in [0.4, 0.5) is 0 Å². The Morgan fingerprint density at radius 2 is 2.26 bits per heavy atom. The summed E-state index contributed by atoms with van der Waals surface area (Å²) in [4.78, 5) is 19.0. The molecule has 0 aromatic carbocycles. The summed E-state index contributed by atoms with van der Waals surface area (Å²) < 4.78 is 7.54. The molecule has 3 heterocycles. The molecule has 0 N–H and O–H groups in total. The first-order valence-electron chi connectivity index (χ1n) is 8.54. The normalized spacial score (nSPS) is 21.6. The van der Waals surface area contributed by atoms with E-state index in [4.69, 9.17) is 4.52 Å². The molecule has 0 unspecified atom stereocenters. The Hall–Kier alpha value is -2.11. The monoisotopic (exact) mass is 314 g/mol. The van der Waals surface area contributed by atoms with Crippen LogP contribution < -0.4 is 0 Å². The summed E-state index contributed by atoms with van der Waals surface area (Å²) in [6.07, 6.45) is 9.16. The van der Waals surface area contributed by atoms with Crippen molar-refractivity contribution in [2.75, 3.05) is 13.1 Å². The number of carbonyl (C=O) groups excluding carboxylic acids is 1. The Morgan fingerprint density at radius 3 is 3.04 bits per heavy atom. The third-order valence-corrected chi connectivity index (χ3v) is 4.87. The predicted octanol–water partition coefficient (Wildman–Crippen LogP) is 2.79. The molecule has 2 aromatic rings. The van der Waals surface area contributed by atoms with Gasteiger partial charge in [-0.3, -0.25) is 4.79 Å². The van der Waals surface area contributed by atoms with E-state index in [0.29, 0.717) is 24.2 Å². The number of nitrogens with zero attached hydrogens (tertiary/aromatic N) is 4. The summed E-state index contributed by atoms with van der Waals surface area (Å²) in [5.74, 6) is 2.42. The van der Waals surface area contributed by atoms with E-state index in [1.54, 1.807) is 0 Å². The Labute approximate surface area is 135 Å². The Kier molecular flexibility index (Phi) is 3.67. The average molecular weight is 314 g/mol. The van der Waals surface area contributed by atoms with Gasteiger partial charge in [0.15, 0.2) is 5.69 Å². The number of amides is 1. The second kappa shape index (κ2) is 5.83. The van der Waals surface area contributed by atoms with Gasteiger partial charge in [0.25, 0.3) is 5.91 Å². The van der Waals surface area contributed by atoms with E-state index >= 15 is 0 Å². The van der Waals surface area contributed by atoms with E-state index in [2.05, 4.69) is 21.6 Å². The molecule has 1 saturated carbocycles. The second-order valence-corrected chi connectivity index (χ2v) is 6.54. The van der Waals surface area contributed by atoms with Gasteiger partial charge < -0.3 is 14.0 Å². The molecule has 2 aromatic heterocycles. The van der Waals surface area contributed by atoms with E-state index in [1.165, 1.54) is 0 Å². The summed E-state index contributed by atoms with van der Waals surface area (Å²) in [7, 11) is 0. The zero-order chi connectivity index (χ0) is 15.8. The average Bonchev–Trinajstić information content (AvgIpc) is 3.14. The smallest absolute Gasteiger partial charge is 0.276 e. The van der Waals surface area contributed by atoms with Crippen molar-refractivity contribution in [3.63, 3.8) is 0 Å². The maximum Gasteiger partial charge on any atom is 0.276 e. The van der Waals surface area contributed by atoms with Crippen molar-refractivity contribution >= 4 is 5.91 Å². The summed E-state index contributed by atoms with van der Waals surface area (Å²) >= 11 is 0. The van der Waals surface area contributed by atoms with Crippen LogP contribution in [0.1, 0.15) is 66.6 Å². The predicted molar refractivity (Wildman–Crippen MR) is 84.3 cm³/mol. The Balaban J connectivity index is 1.48. The number of carbonyl (C=O) groups is 1. The molecule has 2 fully saturated rings. The molecule has 1 aliphatic heterocycles. The fourth-order valence-corrected chi connectivity index (χ4v) is 3.43. The standard InChI is InChI=1S/C17H22N4O2/c1-2-16-18-7-9-21(16)13-4-3-8-20(11-13)17(22)14-10-15(23-19-14)12-5-6-12/h7,9-10,12-13H,2-6,8,11H2,1H3/t13-/m1/s1. The number of hydrogen-bond donors (Lipinski definition) is 0. The van der Waals surface area contributed by atoms with Gasteiger partial charge in [0.1, 0.15) is 11.6 Å². The first-order valence-corrected chi connectivity index (χ1v) is 8.54. The lowest BCUT2D eigenvalue weighted by Crippen LogP contribution is -2.41. The van der Waals surface area contributed by atoms with Crippen molar-refractivity contribution in [1.29, 1.82) is 0 Å². The Bertz CT molecular complexity index is 701. The molecule has 6 heteroatoms. The minimum absolute atomic E-state index is 0.0106. The van der Waals surface area contributed by atoms with E-state index in [1.807, 2.05) is 23.4 Å². The van der Waals surface area contributed by atoms with Crippen molar-refractivity contribution in [3.05, 3.63) is 35.7 Å². The third kappa shape index (κ3) is 2.78. The minimum Gasteiger partial charge on any atom is -0.360 e. The lowest BCUT2D eigenvalue weighted by Gasteiger charge is -2.33. The summed E-state index contributed by atoms with van der Waals surface area (Å²) in [5.41, 5.74) is 0.453. The van der Waals surface area contributed by atoms with Gasteiger partial charge in [0, 0.05) is 43.9 Å². The molecular weight excluding hydrogens is 292 g/mol. The van der Waals surface area contributed by atoms with Crippen LogP contribution >= 0.6 is 0 Å². The molecule has 1 saturated heterocycles. The summed E-state index contributed by atoms with van der Waals surface area (Å²) in [5, 5.41) is 3.99. The van der Waals surface area contributed by atoms with Crippen LogP contribution in [-0.2, 0) is 6.42 Å². The van der Waals surface area contributed by atoms with E-state index in [-0.39, 0.29) is 5.91 Å². The van der Waals surface area contributed by atoms with Crippen LogP contribution in [0, 0.1) is 0 Å². The van der Waals surface area contributed by atoms with E-state index in [9.17, 15) is 4.79 Å². The number of aryl methyl sites for hydroxylation is 1. The van der Waals surface area contributed by atoms with Gasteiger partial charge in [-0.1, -0.05) is 12.1 Å². The highest BCUT2D eigenvalue weighted by molar-refractivity contribution is 5.92. The lowest BCUT2D eigenvalue weighted by atomic mass is 10.0. The fraction of sp³-hybridized carbons (Fsp3) is 0.588. The number of imidazole rings is 1. The molecule has 1 aliphatic carbocycles. The van der Waals surface area contributed by atoms with Crippen molar-refractivity contribution in [1.82, 2.24) is 19.6 Å². The zero-order valence-electron chi connectivity index (χ0n) is 13.4. The van der Waals surface area contributed by atoms with Gasteiger partial charge in [0.2, 0.25) is 0 Å². The second-order valence-electron chi connectivity index (χ2n) is 6.54. The first kappa shape index (κ1) is 14.5. The van der Waals surface area contributed by atoms with Crippen LogP contribution in [-0.4, -0.2) is 38.6 Å². The van der Waals surface area contributed by atoms with Crippen LogP contribution in [0.25, 0.3) is 0 Å². The number of piperidine rings is 1. The minimum atomic E-state index is -0.0106. The molecule has 0 radical (unpaired) electrons. The molecule has 122 valence electrons. The highest BCUT2D eigenvalue weighted by atomic mass is 16.5. The van der Waals surface area contributed by atoms with Gasteiger partial charge in [0.05, 0.1) is 6.04 Å². The topological polar surface area (TPSA) is 64.2 Å². The summed E-state index contributed by atoms with van der Waals surface area (Å²) in [6.45, 7) is 3.62. The zero-order valence-corrected chi connectivity index (χ0v) is 13.4. The number of likely N-dealkylation sites (tertiary alicyclic amines) is 1. The highest BCUT2D eigenvalue weighted by Gasteiger charge is 2.31. The van der Waals surface area contributed by atoms with Crippen LogP contribution in [0.3, 0.4) is 0 Å². The molecule has 2 aliphatic rings. The quantitative estimate of drug-likeness (QED) is 0.870. The van der Waals surface area contributed by atoms with Crippen molar-refractivity contribution in [3.8, 4) is 0 Å².